The highest BCUT2D eigenvalue weighted by Crippen LogP contribution is 2.06. The van der Waals surface area contributed by atoms with Crippen molar-refractivity contribution < 1.29 is 9.53 Å². The van der Waals surface area contributed by atoms with Gasteiger partial charge in [0.2, 0.25) is 0 Å². The molecule has 0 aliphatic carbocycles. The minimum absolute atomic E-state index is 0.139. The zero-order valence-electron chi connectivity index (χ0n) is 10.3. The summed E-state index contributed by atoms with van der Waals surface area (Å²) in [5.74, 6) is 0.139. The van der Waals surface area contributed by atoms with Gasteiger partial charge in [-0.05, 0) is 25.8 Å². The van der Waals surface area contributed by atoms with Crippen molar-refractivity contribution in [3.05, 3.63) is 18.0 Å². The normalized spacial score (nSPS) is 12.7. The number of carbonyl (C=O) groups is 1. The van der Waals surface area contributed by atoms with Crippen LogP contribution in [0.25, 0.3) is 0 Å². The number of Topliss-reactive ketones (excluding diaryl/α,β-unsaturated/α-hetero) is 1. The fourth-order valence-electron chi connectivity index (χ4n) is 1.63. The molecule has 0 aliphatic heterocycles. The summed E-state index contributed by atoms with van der Waals surface area (Å²) in [6.45, 7) is 7.31. The Morgan fingerprint density at radius 2 is 2.25 bits per heavy atom. The molecule has 0 N–H and O–H groups in total. The van der Waals surface area contributed by atoms with Gasteiger partial charge in [-0.2, -0.15) is 5.10 Å². The van der Waals surface area contributed by atoms with E-state index in [2.05, 4.69) is 5.10 Å². The van der Waals surface area contributed by atoms with Crippen LogP contribution in [0, 0.1) is 0 Å². The third-order valence-electron chi connectivity index (χ3n) is 2.49. The van der Waals surface area contributed by atoms with E-state index in [0.29, 0.717) is 13.0 Å². The zero-order chi connectivity index (χ0) is 12.0. The molecule has 0 saturated heterocycles. The van der Waals surface area contributed by atoms with Crippen LogP contribution in [0.1, 0.15) is 32.8 Å². The third-order valence-corrected chi connectivity index (χ3v) is 2.49. The van der Waals surface area contributed by atoms with Gasteiger partial charge in [-0.1, -0.05) is 6.92 Å². The summed E-state index contributed by atoms with van der Waals surface area (Å²) in [5, 5.41) is 4.14. The van der Waals surface area contributed by atoms with E-state index in [1.54, 1.807) is 6.20 Å². The number of aryl methyl sites for hydroxylation is 1. The van der Waals surface area contributed by atoms with E-state index in [1.807, 2.05) is 31.6 Å². The van der Waals surface area contributed by atoms with Crippen LogP contribution >= 0.6 is 0 Å². The number of ketones is 1. The first-order valence-corrected chi connectivity index (χ1v) is 5.86. The first kappa shape index (κ1) is 12.9. The van der Waals surface area contributed by atoms with Crippen LogP contribution in [0.3, 0.4) is 0 Å². The second-order valence-electron chi connectivity index (χ2n) is 3.70. The monoisotopic (exact) mass is 224 g/mol. The van der Waals surface area contributed by atoms with Gasteiger partial charge in [0, 0.05) is 25.8 Å². The number of aromatic nitrogens is 2. The summed E-state index contributed by atoms with van der Waals surface area (Å²) >= 11 is 0. The Morgan fingerprint density at radius 1 is 1.50 bits per heavy atom. The molecule has 0 fully saturated rings. The molecule has 0 radical (unpaired) electrons. The number of ether oxygens (including phenoxy) is 1. The molecule has 0 bridgehead atoms. The second-order valence-corrected chi connectivity index (χ2v) is 3.70. The van der Waals surface area contributed by atoms with Crippen molar-refractivity contribution in [3.8, 4) is 0 Å². The molecule has 0 aromatic carbocycles. The highest BCUT2D eigenvalue weighted by atomic mass is 16.5. The first-order chi connectivity index (χ1) is 7.71. The summed E-state index contributed by atoms with van der Waals surface area (Å²) < 4.78 is 7.21. The summed E-state index contributed by atoms with van der Waals surface area (Å²) in [4.78, 5) is 11.9. The van der Waals surface area contributed by atoms with Gasteiger partial charge in [0.15, 0.2) is 5.78 Å². The Labute approximate surface area is 96.6 Å². The summed E-state index contributed by atoms with van der Waals surface area (Å²) in [6.07, 6.45) is 4.54. The lowest BCUT2D eigenvalue weighted by Gasteiger charge is -2.12. The van der Waals surface area contributed by atoms with Crippen molar-refractivity contribution in [2.45, 2.75) is 46.3 Å². The Balaban J connectivity index is 2.55. The van der Waals surface area contributed by atoms with Gasteiger partial charge in [-0.25, -0.2) is 0 Å². The number of carbonyl (C=O) groups excluding carboxylic acids is 1. The molecule has 4 nitrogen and oxygen atoms in total. The van der Waals surface area contributed by atoms with Gasteiger partial charge in [-0.15, -0.1) is 0 Å². The fraction of sp³-hybridized carbons (Fsp3) is 0.667. The highest BCUT2D eigenvalue weighted by molar-refractivity contribution is 5.85. The van der Waals surface area contributed by atoms with Crippen molar-refractivity contribution >= 4 is 5.78 Å². The summed E-state index contributed by atoms with van der Waals surface area (Å²) in [5.41, 5.74) is 0.963. The van der Waals surface area contributed by atoms with Crippen molar-refractivity contribution in [2.75, 3.05) is 6.61 Å². The minimum Gasteiger partial charge on any atom is -0.371 e. The molecule has 1 rings (SSSR count). The Kier molecular flexibility index (Phi) is 5.19. The van der Waals surface area contributed by atoms with Crippen molar-refractivity contribution in [1.29, 1.82) is 0 Å². The van der Waals surface area contributed by atoms with Crippen molar-refractivity contribution in [3.63, 3.8) is 0 Å². The Bertz CT molecular complexity index is 334. The van der Waals surface area contributed by atoms with Crippen LogP contribution in [0.2, 0.25) is 0 Å². The number of rotatable bonds is 7. The maximum Gasteiger partial charge on any atom is 0.166 e. The van der Waals surface area contributed by atoms with Crippen molar-refractivity contribution in [1.82, 2.24) is 9.78 Å². The van der Waals surface area contributed by atoms with E-state index in [4.69, 9.17) is 4.74 Å². The average molecular weight is 224 g/mol. The third kappa shape index (κ3) is 3.45. The van der Waals surface area contributed by atoms with Crippen molar-refractivity contribution in [2.24, 2.45) is 0 Å². The SMILES string of the molecule is CCOC(CC)C(=O)Cc1cnn(CC)c1. The molecule has 0 aliphatic rings. The van der Waals surface area contributed by atoms with Crippen LogP contribution < -0.4 is 0 Å². The highest BCUT2D eigenvalue weighted by Gasteiger charge is 2.17. The summed E-state index contributed by atoms with van der Waals surface area (Å²) in [6, 6.07) is 0. The number of hydrogen-bond acceptors (Lipinski definition) is 3. The van der Waals surface area contributed by atoms with Gasteiger partial charge < -0.3 is 4.74 Å². The minimum atomic E-state index is -0.269. The van der Waals surface area contributed by atoms with Gasteiger partial charge in [0.05, 0.1) is 6.20 Å². The predicted molar refractivity (Wildman–Crippen MR) is 62.3 cm³/mol. The smallest absolute Gasteiger partial charge is 0.166 e. The van der Waals surface area contributed by atoms with Crippen LogP contribution in [0.5, 0.6) is 0 Å². The van der Waals surface area contributed by atoms with Gasteiger partial charge in [-0.3, -0.25) is 9.48 Å². The van der Waals surface area contributed by atoms with Gasteiger partial charge in [0.25, 0.3) is 0 Å². The molecule has 1 atom stereocenters. The Hall–Kier alpha value is -1.16. The summed E-state index contributed by atoms with van der Waals surface area (Å²) in [7, 11) is 0. The van der Waals surface area contributed by atoms with E-state index in [1.165, 1.54) is 0 Å². The van der Waals surface area contributed by atoms with Gasteiger partial charge >= 0.3 is 0 Å². The Morgan fingerprint density at radius 3 is 2.75 bits per heavy atom. The number of hydrogen-bond donors (Lipinski definition) is 0. The molecule has 16 heavy (non-hydrogen) atoms. The average Bonchev–Trinajstić information content (AvgIpc) is 2.73. The first-order valence-electron chi connectivity index (χ1n) is 5.86. The molecule has 0 spiro atoms. The van der Waals surface area contributed by atoms with Gasteiger partial charge in [0.1, 0.15) is 6.10 Å². The topological polar surface area (TPSA) is 44.1 Å². The predicted octanol–water partition coefficient (Wildman–Crippen LogP) is 1.83. The van der Waals surface area contributed by atoms with Crippen LogP contribution in [0.4, 0.5) is 0 Å². The van der Waals surface area contributed by atoms with Crippen LogP contribution in [0.15, 0.2) is 12.4 Å². The van der Waals surface area contributed by atoms with E-state index in [0.717, 1.165) is 18.5 Å². The molecule has 4 heteroatoms. The van der Waals surface area contributed by atoms with Crippen LogP contribution in [-0.2, 0) is 22.5 Å². The van der Waals surface area contributed by atoms with Crippen LogP contribution in [-0.4, -0.2) is 28.3 Å². The zero-order valence-corrected chi connectivity index (χ0v) is 10.3. The molecule has 1 heterocycles. The molecule has 90 valence electrons. The lowest BCUT2D eigenvalue weighted by molar-refractivity contribution is -0.129. The number of nitrogens with zero attached hydrogens (tertiary/aromatic N) is 2. The van der Waals surface area contributed by atoms with E-state index >= 15 is 0 Å². The maximum atomic E-state index is 11.9. The largest absolute Gasteiger partial charge is 0.371 e. The molecular weight excluding hydrogens is 204 g/mol. The van der Waals surface area contributed by atoms with E-state index < -0.39 is 0 Å². The van der Waals surface area contributed by atoms with E-state index in [9.17, 15) is 4.79 Å². The molecule has 0 saturated carbocycles. The lowest BCUT2D eigenvalue weighted by atomic mass is 10.1. The second kappa shape index (κ2) is 6.43. The lowest BCUT2D eigenvalue weighted by Crippen LogP contribution is -2.25. The quantitative estimate of drug-likeness (QED) is 0.709. The molecule has 1 aromatic rings. The van der Waals surface area contributed by atoms with E-state index in [-0.39, 0.29) is 11.9 Å². The molecular formula is C12H20N2O2. The molecule has 1 unspecified atom stereocenters. The fourth-order valence-corrected chi connectivity index (χ4v) is 1.63. The maximum absolute atomic E-state index is 11.9. The standard InChI is InChI=1S/C12H20N2O2/c1-4-12(16-6-3)11(15)7-10-8-13-14(5-2)9-10/h8-9,12H,4-7H2,1-3H3. The molecule has 0 amide bonds. The molecule has 1 aromatic heterocycles.